The summed E-state index contributed by atoms with van der Waals surface area (Å²) >= 11 is 12.8. The van der Waals surface area contributed by atoms with E-state index in [0.29, 0.717) is 38.3 Å². The Balaban J connectivity index is 1.97. The molecule has 0 bridgehead atoms. The molecule has 0 aliphatic heterocycles. The van der Waals surface area contributed by atoms with Crippen molar-refractivity contribution in [3.8, 4) is 5.75 Å². The van der Waals surface area contributed by atoms with Gasteiger partial charge in [-0.05, 0) is 39.0 Å². The Kier molecular flexibility index (Phi) is 8.64. The number of hydrogen-bond donors (Lipinski definition) is 1. The van der Waals surface area contributed by atoms with Crippen LogP contribution in [0.25, 0.3) is 16.6 Å². The molecule has 34 heavy (non-hydrogen) atoms. The van der Waals surface area contributed by atoms with Gasteiger partial charge in [0, 0.05) is 45.6 Å². The molecule has 0 unspecified atom stereocenters. The summed E-state index contributed by atoms with van der Waals surface area (Å²) in [5.74, 6) is 0.431. The SMILES string of the molecule is CC=N/C(=C(\C)Cl)c1cc(C)nc2c(OCc3c(Cl)ccnc3CNC(=O)C(C)C)cccc12. The molecule has 0 spiro atoms. The molecular formula is C26H28Cl2N4O2. The molecule has 178 valence electrons. The minimum absolute atomic E-state index is 0.0527. The Hall–Kier alpha value is -2.96. The number of amides is 1. The monoisotopic (exact) mass is 498 g/mol. The number of nitrogens with zero attached hydrogens (tertiary/aromatic N) is 3. The summed E-state index contributed by atoms with van der Waals surface area (Å²) in [6.07, 6.45) is 3.33. The average Bonchev–Trinajstić information content (AvgIpc) is 2.79. The summed E-state index contributed by atoms with van der Waals surface area (Å²) in [6.45, 7) is 9.71. The molecule has 3 rings (SSSR count). The molecule has 8 heteroatoms. The van der Waals surface area contributed by atoms with Gasteiger partial charge in [0.05, 0.1) is 23.0 Å². The first kappa shape index (κ1) is 25.7. The highest BCUT2D eigenvalue weighted by Gasteiger charge is 2.16. The Morgan fingerprint density at radius 1 is 1.29 bits per heavy atom. The van der Waals surface area contributed by atoms with Crippen LogP contribution in [0.5, 0.6) is 5.75 Å². The van der Waals surface area contributed by atoms with Crippen molar-refractivity contribution in [3.63, 3.8) is 0 Å². The van der Waals surface area contributed by atoms with Gasteiger partial charge < -0.3 is 10.1 Å². The molecule has 2 aromatic heterocycles. The second kappa shape index (κ2) is 11.4. The summed E-state index contributed by atoms with van der Waals surface area (Å²) < 4.78 is 6.20. The number of aliphatic imine (C=N–C) groups is 1. The van der Waals surface area contributed by atoms with Crippen molar-refractivity contribution in [2.24, 2.45) is 10.9 Å². The van der Waals surface area contributed by atoms with Crippen molar-refractivity contribution in [1.82, 2.24) is 15.3 Å². The maximum Gasteiger partial charge on any atom is 0.222 e. The summed E-state index contributed by atoms with van der Waals surface area (Å²) in [5.41, 5.74) is 4.47. The summed E-state index contributed by atoms with van der Waals surface area (Å²) in [4.78, 5) is 25.6. The minimum Gasteiger partial charge on any atom is -0.486 e. The Labute approximate surface area is 210 Å². The van der Waals surface area contributed by atoms with E-state index in [1.807, 2.05) is 58.9 Å². The van der Waals surface area contributed by atoms with Crippen LogP contribution in [-0.4, -0.2) is 22.1 Å². The molecule has 0 fully saturated rings. The highest BCUT2D eigenvalue weighted by atomic mass is 35.5. The number of allylic oxidation sites excluding steroid dienone is 1. The highest BCUT2D eigenvalue weighted by molar-refractivity contribution is 6.32. The largest absolute Gasteiger partial charge is 0.486 e. The number of fused-ring (bicyclic) bond motifs is 1. The third-order valence-corrected chi connectivity index (χ3v) is 5.72. The zero-order valence-corrected chi connectivity index (χ0v) is 21.5. The van der Waals surface area contributed by atoms with E-state index in [2.05, 4.69) is 15.3 Å². The number of carbonyl (C=O) groups is 1. The van der Waals surface area contributed by atoms with Crippen LogP contribution < -0.4 is 10.1 Å². The van der Waals surface area contributed by atoms with Crippen LogP contribution in [0.4, 0.5) is 0 Å². The maximum absolute atomic E-state index is 12.0. The smallest absolute Gasteiger partial charge is 0.222 e. The minimum atomic E-state index is -0.120. The number of halogens is 2. The molecule has 0 radical (unpaired) electrons. The summed E-state index contributed by atoms with van der Waals surface area (Å²) in [7, 11) is 0. The quantitative estimate of drug-likeness (QED) is 0.361. The zero-order valence-electron chi connectivity index (χ0n) is 19.9. The topological polar surface area (TPSA) is 76.5 Å². The van der Waals surface area contributed by atoms with Gasteiger partial charge in [-0.1, -0.05) is 49.2 Å². The van der Waals surface area contributed by atoms with Gasteiger partial charge in [-0.2, -0.15) is 0 Å². The lowest BCUT2D eigenvalue weighted by Crippen LogP contribution is -2.28. The van der Waals surface area contributed by atoms with Gasteiger partial charge in [-0.25, -0.2) is 4.98 Å². The van der Waals surface area contributed by atoms with Gasteiger partial charge in [0.2, 0.25) is 5.91 Å². The van der Waals surface area contributed by atoms with Gasteiger partial charge >= 0.3 is 0 Å². The molecular weight excluding hydrogens is 471 g/mol. The Morgan fingerprint density at radius 2 is 2.06 bits per heavy atom. The summed E-state index contributed by atoms with van der Waals surface area (Å²) in [5, 5.41) is 4.88. The summed E-state index contributed by atoms with van der Waals surface area (Å²) in [6, 6.07) is 9.42. The van der Waals surface area contributed by atoms with Gasteiger partial charge in [-0.3, -0.25) is 14.8 Å². The first-order valence-electron chi connectivity index (χ1n) is 11.0. The van der Waals surface area contributed by atoms with Crippen LogP contribution in [0.15, 0.2) is 46.6 Å². The second-order valence-electron chi connectivity index (χ2n) is 8.11. The van der Waals surface area contributed by atoms with Crippen molar-refractivity contribution in [2.45, 2.75) is 47.8 Å². The number of ether oxygens (including phenoxy) is 1. The first-order valence-corrected chi connectivity index (χ1v) is 11.8. The second-order valence-corrected chi connectivity index (χ2v) is 9.09. The molecule has 1 aromatic carbocycles. The van der Waals surface area contributed by atoms with Crippen molar-refractivity contribution in [2.75, 3.05) is 0 Å². The molecule has 3 aromatic rings. The van der Waals surface area contributed by atoms with Crippen LogP contribution >= 0.6 is 23.2 Å². The van der Waals surface area contributed by atoms with E-state index >= 15 is 0 Å². The van der Waals surface area contributed by atoms with Crippen LogP contribution in [0.3, 0.4) is 0 Å². The number of nitrogens with one attached hydrogen (secondary N) is 1. The van der Waals surface area contributed by atoms with Gasteiger partial charge in [-0.15, -0.1) is 0 Å². The normalized spacial score (nSPS) is 12.4. The zero-order chi connectivity index (χ0) is 24.8. The third kappa shape index (κ3) is 5.93. The van der Waals surface area contributed by atoms with Gasteiger partial charge in [0.25, 0.3) is 0 Å². The highest BCUT2D eigenvalue weighted by Crippen LogP contribution is 2.34. The van der Waals surface area contributed by atoms with Crippen molar-refractivity contribution < 1.29 is 9.53 Å². The van der Waals surface area contributed by atoms with E-state index in [0.717, 1.165) is 16.6 Å². The number of carbonyl (C=O) groups excluding carboxylic acids is 1. The molecule has 1 N–H and O–H groups in total. The van der Waals surface area contributed by atoms with E-state index < -0.39 is 0 Å². The first-order chi connectivity index (χ1) is 16.2. The predicted molar refractivity (Wildman–Crippen MR) is 139 cm³/mol. The Bertz CT molecular complexity index is 1270. The van der Waals surface area contributed by atoms with E-state index in [1.54, 1.807) is 18.5 Å². The molecule has 1 amide bonds. The van der Waals surface area contributed by atoms with Crippen molar-refractivity contribution in [1.29, 1.82) is 0 Å². The molecule has 2 heterocycles. The number of pyridine rings is 2. The van der Waals surface area contributed by atoms with Gasteiger partial charge in [0.1, 0.15) is 17.9 Å². The van der Waals surface area contributed by atoms with Crippen LogP contribution in [0.1, 0.15) is 50.2 Å². The van der Waals surface area contributed by atoms with Crippen LogP contribution in [0, 0.1) is 12.8 Å². The third-order valence-electron chi connectivity index (χ3n) is 5.18. The van der Waals surface area contributed by atoms with E-state index in [9.17, 15) is 4.79 Å². The number of aryl methyl sites for hydroxylation is 1. The fourth-order valence-electron chi connectivity index (χ4n) is 3.47. The number of rotatable bonds is 8. The maximum atomic E-state index is 12.0. The van der Waals surface area contributed by atoms with Crippen molar-refractivity contribution >= 4 is 51.9 Å². The van der Waals surface area contributed by atoms with Gasteiger partial charge in [0.15, 0.2) is 0 Å². The van der Waals surface area contributed by atoms with Crippen LogP contribution in [0.2, 0.25) is 5.02 Å². The number of para-hydroxylation sites is 1. The standard InChI is InChI=1S/C26H28Cl2N4O2/c1-6-29-24(17(5)27)19-12-16(4)32-25-18(19)8-7-9-23(25)34-14-20-21(28)10-11-30-22(20)13-31-26(33)15(2)3/h6-12,15H,13-14H2,1-5H3,(H,31,33)/b24-17+,29-6?. The number of aromatic nitrogens is 2. The molecule has 6 nitrogen and oxygen atoms in total. The molecule has 0 saturated heterocycles. The molecule has 0 saturated carbocycles. The lowest BCUT2D eigenvalue weighted by atomic mass is 10.0. The number of benzene rings is 1. The van der Waals surface area contributed by atoms with E-state index in [4.69, 9.17) is 32.9 Å². The fraction of sp³-hybridized carbons (Fsp3) is 0.308. The average molecular weight is 499 g/mol. The van der Waals surface area contributed by atoms with Crippen molar-refractivity contribution in [3.05, 3.63) is 69.1 Å². The van der Waals surface area contributed by atoms with E-state index in [-0.39, 0.29) is 25.0 Å². The fourth-order valence-corrected chi connectivity index (χ4v) is 3.84. The Morgan fingerprint density at radius 3 is 2.74 bits per heavy atom. The number of hydrogen-bond acceptors (Lipinski definition) is 5. The van der Waals surface area contributed by atoms with Crippen LogP contribution in [-0.2, 0) is 17.9 Å². The molecule has 0 aliphatic rings. The lowest BCUT2D eigenvalue weighted by molar-refractivity contribution is -0.124. The molecule has 0 aliphatic carbocycles. The van der Waals surface area contributed by atoms with E-state index in [1.165, 1.54) is 0 Å². The lowest BCUT2D eigenvalue weighted by Gasteiger charge is -2.15. The molecule has 0 atom stereocenters. The predicted octanol–water partition coefficient (Wildman–Crippen LogP) is 6.46.